The van der Waals surface area contributed by atoms with E-state index in [0.29, 0.717) is 17.7 Å². The Bertz CT molecular complexity index is 765. The van der Waals surface area contributed by atoms with Crippen LogP contribution in [0.15, 0.2) is 24.3 Å². The first-order valence-electron chi connectivity index (χ1n) is 7.98. The topological polar surface area (TPSA) is 93.5 Å². The van der Waals surface area contributed by atoms with E-state index < -0.39 is 12.0 Å². The number of benzene rings is 1. The van der Waals surface area contributed by atoms with Gasteiger partial charge >= 0.3 is 5.97 Å². The molecule has 1 aromatic carbocycles. The molecule has 134 valence electrons. The van der Waals surface area contributed by atoms with Crippen LogP contribution >= 0.6 is 0 Å². The summed E-state index contributed by atoms with van der Waals surface area (Å²) in [6.07, 6.45) is 0.722. The van der Waals surface area contributed by atoms with Crippen LogP contribution in [0.4, 0.5) is 0 Å². The average molecular weight is 345 g/mol. The third kappa shape index (κ3) is 4.37. The maximum Gasteiger partial charge on any atom is 0.330 e. The second-order valence-corrected chi connectivity index (χ2v) is 5.88. The molecule has 2 N–H and O–H groups in total. The molecular weight excluding hydrogens is 322 g/mol. The van der Waals surface area contributed by atoms with Gasteiger partial charge in [0, 0.05) is 19.2 Å². The van der Waals surface area contributed by atoms with E-state index in [-0.39, 0.29) is 12.3 Å². The Labute approximate surface area is 146 Å². The minimum absolute atomic E-state index is 0.202. The van der Waals surface area contributed by atoms with Crippen molar-refractivity contribution in [1.29, 1.82) is 0 Å². The summed E-state index contributed by atoms with van der Waals surface area (Å²) < 4.78 is 6.84. The number of hydrogen-bond acceptors (Lipinski definition) is 4. The van der Waals surface area contributed by atoms with Gasteiger partial charge in [0.15, 0.2) is 6.04 Å². The predicted molar refractivity (Wildman–Crippen MR) is 92.5 cm³/mol. The van der Waals surface area contributed by atoms with Crippen molar-refractivity contribution in [3.63, 3.8) is 0 Å². The lowest BCUT2D eigenvalue weighted by atomic mass is 10.1. The number of nitrogens with zero attached hydrogens (tertiary/aromatic N) is 2. The van der Waals surface area contributed by atoms with Gasteiger partial charge in [-0.2, -0.15) is 5.10 Å². The van der Waals surface area contributed by atoms with Gasteiger partial charge in [0.2, 0.25) is 5.91 Å². The van der Waals surface area contributed by atoms with E-state index in [4.69, 9.17) is 4.74 Å². The number of ether oxygens (including phenoxy) is 1. The fraction of sp³-hybridized carbons (Fsp3) is 0.389. The number of amides is 1. The van der Waals surface area contributed by atoms with Crippen molar-refractivity contribution >= 4 is 11.9 Å². The van der Waals surface area contributed by atoms with Crippen LogP contribution in [0.2, 0.25) is 0 Å². The number of carboxylic acid groups (broad SMARTS) is 1. The van der Waals surface area contributed by atoms with E-state index in [0.717, 1.165) is 17.0 Å². The number of rotatable bonds is 7. The molecule has 0 aliphatic carbocycles. The molecule has 0 aliphatic heterocycles. The molecule has 7 nitrogen and oxygen atoms in total. The largest absolute Gasteiger partial charge is 0.497 e. The molecule has 7 heteroatoms. The van der Waals surface area contributed by atoms with Crippen LogP contribution in [-0.2, 0) is 23.1 Å². The molecule has 0 bridgehead atoms. The van der Waals surface area contributed by atoms with Gasteiger partial charge in [-0.3, -0.25) is 9.48 Å². The van der Waals surface area contributed by atoms with E-state index in [1.54, 1.807) is 28.9 Å². The molecule has 25 heavy (non-hydrogen) atoms. The predicted octanol–water partition coefficient (Wildman–Crippen LogP) is 1.92. The van der Waals surface area contributed by atoms with Gasteiger partial charge in [-0.05, 0) is 43.5 Å². The van der Waals surface area contributed by atoms with Crippen LogP contribution in [0.3, 0.4) is 0 Å². The highest BCUT2D eigenvalue weighted by molar-refractivity contribution is 5.84. The van der Waals surface area contributed by atoms with Crippen molar-refractivity contribution in [2.24, 2.45) is 7.05 Å². The Morgan fingerprint density at radius 2 is 1.92 bits per heavy atom. The molecule has 1 unspecified atom stereocenters. The molecule has 1 aromatic heterocycles. The number of methoxy groups -OCH3 is 1. The average Bonchev–Trinajstić information content (AvgIpc) is 2.83. The summed E-state index contributed by atoms with van der Waals surface area (Å²) in [4.78, 5) is 23.7. The Hall–Kier alpha value is -2.83. The van der Waals surface area contributed by atoms with Crippen molar-refractivity contribution < 1.29 is 19.4 Å². The smallest absolute Gasteiger partial charge is 0.330 e. The van der Waals surface area contributed by atoms with Crippen molar-refractivity contribution in [3.8, 4) is 5.75 Å². The number of carboxylic acids is 1. The number of nitrogens with one attached hydrogen (secondary N) is 1. The first-order chi connectivity index (χ1) is 11.8. The van der Waals surface area contributed by atoms with E-state index in [9.17, 15) is 14.7 Å². The number of aromatic nitrogens is 2. The minimum Gasteiger partial charge on any atom is -0.497 e. The van der Waals surface area contributed by atoms with Gasteiger partial charge in [-0.1, -0.05) is 12.1 Å². The summed E-state index contributed by atoms with van der Waals surface area (Å²) in [6, 6.07) is 5.51. The summed E-state index contributed by atoms with van der Waals surface area (Å²) in [7, 11) is 3.39. The van der Waals surface area contributed by atoms with Crippen LogP contribution < -0.4 is 10.1 Å². The normalized spacial score (nSPS) is 11.8. The van der Waals surface area contributed by atoms with Crippen molar-refractivity contribution in [3.05, 3.63) is 46.8 Å². The third-order valence-corrected chi connectivity index (χ3v) is 4.26. The fourth-order valence-electron chi connectivity index (χ4n) is 2.73. The van der Waals surface area contributed by atoms with Crippen molar-refractivity contribution in [2.75, 3.05) is 7.11 Å². The molecule has 2 rings (SSSR count). The molecule has 0 fully saturated rings. The van der Waals surface area contributed by atoms with Gasteiger partial charge < -0.3 is 15.2 Å². The Balaban J connectivity index is 2.03. The Morgan fingerprint density at radius 3 is 2.40 bits per heavy atom. The minimum atomic E-state index is -1.10. The summed E-state index contributed by atoms with van der Waals surface area (Å²) in [6.45, 7) is 3.85. The van der Waals surface area contributed by atoms with Gasteiger partial charge in [0.1, 0.15) is 5.75 Å². The summed E-state index contributed by atoms with van der Waals surface area (Å²) in [5, 5.41) is 16.3. The second kappa shape index (κ2) is 7.83. The highest BCUT2D eigenvalue weighted by atomic mass is 16.5. The number of aryl methyl sites for hydroxylation is 2. The van der Waals surface area contributed by atoms with Crippen LogP contribution in [0.25, 0.3) is 0 Å². The SMILES string of the molecule is COc1ccc(C(NC(=O)CCc2c(C)nn(C)c2C)C(=O)O)cc1. The first kappa shape index (κ1) is 18.5. The van der Waals surface area contributed by atoms with Crippen LogP contribution in [0.5, 0.6) is 5.75 Å². The molecule has 0 aliphatic rings. The lowest BCUT2D eigenvalue weighted by Gasteiger charge is -2.15. The standard InChI is InChI=1S/C18H23N3O4/c1-11-15(12(2)21(3)20-11)9-10-16(22)19-17(18(23)24)13-5-7-14(25-4)8-6-13/h5-8,17H,9-10H2,1-4H3,(H,19,22)(H,23,24). The lowest BCUT2D eigenvalue weighted by Crippen LogP contribution is -2.33. The van der Waals surface area contributed by atoms with Gasteiger partial charge in [0.25, 0.3) is 0 Å². The molecule has 0 radical (unpaired) electrons. The first-order valence-corrected chi connectivity index (χ1v) is 7.98. The van der Waals surface area contributed by atoms with E-state index in [1.807, 2.05) is 20.9 Å². The zero-order chi connectivity index (χ0) is 18.6. The van der Waals surface area contributed by atoms with Gasteiger partial charge in [-0.15, -0.1) is 0 Å². The molecule has 0 spiro atoms. The summed E-state index contributed by atoms with van der Waals surface area (Å²) >= 11 is 0. The Kier molecular flexibility index (Phi) is 5.80. The third-order valence-electron chi connectivity index (χ3n) is 4.26. The quantitative estimate of drug-likeness (QED) is 0.800. The van der Waals surface area contributed by atoms with E-state index in [2.05, 4.69) is 10.4 Å². The van der Waals surface area contributed by atoms with E-state index >= 15 is 0 Å². The van der Waals surface area contributed by atoms with E-state index in [1.165, 1.54) is 7.11 Å². The zero-order valence-corrected chi connectivity index (χ0v) is 14.9. The highest BCUT2D eigenvalue weighted by Gasteiger charge is 2.22. The van der Waals surface area contributed by atoms with Gasteiger partial charge in [-0.25, -0.2) is 4.79 Å². The van der Waals surface area contributed by atoms with Crippen LogP contribution in [0.1, 0.15) is 35.0 Å². The number of hydrogen-bond donors (Lipinski definition) is 2. The monoisotopic (exact) mass is 345 g/mol. The molecule has 2 aromatic rings. The second-order valence-electron chi connectivity index (χ2n) is 5.88. The number of aliphatic carboxylic acids is 1. The number of carbonyl (C=O) groups excluding carboxylic acids is 1. The van der Waals surface area contributed by atoms with Crippen LogP contribution in [0, 0.1) is 13.8 Å². The highest BCUT2D eigenvalue weighted by Crippen LogP contribution is 2.19. The maximum atomic E-state index is 12.2. The molecule has 1 heterocycles. The fourth-order valence-corrected chi connectivity index (χ4v) is 2.73. The summed E-state index contributed by atoms with van der Waals surface area (Å²) in [5.41, 5.74) is 3.41. The summed E-state index contributed by atoms with van der Waals surface area (Å²) in [5.74, 6) is -0.792. The molecule has 1 atom stereocenters. The molecule has 1 amide bonds. The van der Waals surface area contributed by atoms with Crippen molar-refractivity contribution in [1.82, 2.24) is 15.1 Å². The molecule has 0 saturated heterocycles. The zero-order valence-electron chi connectivity index (χ0n) is 14.9. The number of carbonyl (C=O) groups is 2. The maximum absolute atomic E-state index is 12.2. The Morgan fingerprint density at radius 1 is 1.28 bits per heavy atom. The van der Waals surface area contributed by atoms with Crippen LogP contribution in [-0.4, -0.2) is 33.9 Å². The lowest BCUT2D eigenvalue weighted by molar-refractivity contribution is -0.142. The molecular formula is C18H23N3O4. The van der Waals surface area contributed by atoms with Gasteiger partial charge in [0.05, 0.1) is 12.8 Å². The molecule has 0 saturated carbocycles. The van der Waals surface area contributed by atoms with Crippen molar-refractivity contribution in [2.45, 2.75) is 32.7 Å².